The average molecular weight is 317 g/mol. The number of hydrogen-bond acceptors (Lipinski definition) is 3. The summed E-state index contributed by atoms with van der Waals surface area (Å²) in [7, 11) is 0. The van der Waals surface area contributed by atoms with Crippen LogP contribution in [0.3, 0.4) is 0 Å². The number of pyridine rings is 1. The Labute approximate surface area is 133 Å². The van der Waals surface area contributed by atoms with Gasteiger partial charge in [-0.2, -0.15) is 0 Å². The topological polar surface area (TPSA) is 51.3 Å². The molecule has 0 aliphatic rings. The number of hydrogen-bond donors (Lipinski definition) is 1. The van der Waals surface area contributed by atoms with Gasteiger partial charge in [0.1, 0.15) is 0 Å². The zero-order valence-electron chi connectivity index (χ0n) is 12.2. The highest BCUT2D eigenvalue weighted by Gasteiger charge is 2.07. The minimum absolute atomic E-state index is 0.114. The molecule has 1 aromatic carbocycles. The van der Waals surface area contributed by atoms with Crippen molar-refractivity contribution in [2.45, 2.75) is 19.5 Å². The number of nitrogens with one attached hydrogen (secondary N) is 1. The highest BCUT2D eigenvalue weighted by Crippen LogP contribution is 2.15. The molecule has 0 saturated carbocycles. The zero-order valence-corrected chi connectivity index (χ0v) is 13.0. The minimum Gasteiger partial charge on any atom is -0.308 e. The summed E-state index contributed by atoms with van der Waals surface area (Å²) in [4.78, 5) is 12.1. The van der Waals surface area contributed by atoms with Gasteiger partial charge >= 0.3 is 5.69 Å². The summed E-state index contributed by atoms with van der Waals surface area (Å²) in [6, 6.07) is 13.4. The first kappa shape index (κ1) is 14.8. The Morgan fingerprint density at radius 2 is 2.00 bits per heavy atom. The molecule has 6 heteroatoms. The van der Waals surface area contributed by atoms with Crippen LogP contribution in [-0.2, 0) is 6.54 Å². The van der Waals surface area contributed by atoms with Crippen LogP contribution >= 0.6 is 11.6 Å². The molecule has 114 valence electrons. The first-order chi connectivity index (χ1) is 10.6. The van der Waals surface area contributed by atoms with Gasteiger partial charge in [0.2, 0.25) is 0 Å². The minimum atomic E-state index is -0.114. The van der Waals surface area contributed by atoms with E-state index in [1.165, 1.54) is 4.68 Å². The predicted molar refractivity (Wildman–Crippen MR) is 87.3 cm³/mol. The summed E-state index contributed by atoms with van der Waals surface area (Å²) < 4.78 is 3.03. The van der Waals surface area contributed by atoms with E-state index in [4.69, 9.17) is 11.6 Å². The van der Waals surface area contributed by atoms with Crippen molar-refractivity contribution in [3.63, 3.8) is 0 Å². The molecule has 3 aromatic rings. The van der Waals surface area contributed by atoms with Gasteiger partial charge in [-0.3, -0.25) is 4.40 Å². The third kappa shape index (κ3) is 3.05. The number of aromatic nitrogens is 3. The van der Waals surface area contributed by atoms with Crippen LogP contribution in [0.1, 0.15) is 18.5 Å². The Morgan fingerprint density at radius 3 is 2.73 bits per heavy atom. The lowest BCUT2D eigenvalue weighted by Crippen LogP contribution is -2.29. The fourth-order valence-electron chi connectivity index (χ4n) is 2.37. The Kier molecular flexibility index (Phi) is 4.27. The molecule has 0 radical (unpaired) electrons. The summed E-state index contributed by atoms with van der Waals surface area (Å²) in [6.07, 6.45) is 1.73. The van der Waals surface area contributed by atoms with Gasteiger partial charge in [0.25, 0.3) is 0 Å². The highest BCUT2D eigenvalue weighted by molar-refractivity contribution is 6.30. The Balaban J connectivity index is 1.63. The van der Waals surface area contributed by atoms with Crippen LogP contribution in [0.5, 0.6) is 0 Å². The van der Waals surface area contributed by atoms with Crippen molar-refractivity contribution in [3.8, 4) is 0 Å². The van der Waals surface area contributed by atoms with Crippen molar-refractivity contribution in [3.05, 3.63) is 69.7 Å². The second-order valence-electron chi connectivity index (χ2n) is 5.16. The average Bonchev–Trinajstić information content (AvgIpc) is 2.85. The maximum absolute atomic E-state index is 12.1. The van der Waals surface area contributed by atoms with Crippen molar-refractivity contribution < 1.29 is 0 Å². The van der Waals surface area contributed by atoms with Gasteiger partial charge in [-0.05, 0) is 36.8 Å². The Bertz CT molecular complexity index is 822. The third-order valence-corrected chi connectivity index (χ3v) is 3.88. The number of benzene rings is 1. The second kappa shape index (κ2) is 6.34. The number of nitrogens with zero attached hydrogens (tertiary/aromatic N) is 3. The molecule has 1 N–H and O–H groups in total. The molecule has 2 aromatic heterocycles. The maximum atomic E-state index is 12.1. The molecule has 2 heterocycles. The van der Waals surface area contributed by atoms with E-state index in [0.717, 1.165) is 10.6 Å². The molecule has 0 spiro atoms. The smallest absolute Gasteiger partial charge is 0.308 e. The van der Waals surface area contributed by atoms with Crippen LogP contribution in [0.4, 0.5) is 0 Å². The molecule has 1 unspecified atom stereocenters. The largest absolute Gasteiger partial charge is 0.350 e. The van der Waals surface area contributed by atoms with Gasteiger partial charge in [0.15, 0.2) is 5.65 Å². The molecular formula is C16H17ClN4O. The van der Waals surface area contributed by atoms with E-state index in [-0.39, 0.29) is 11.7 Å². The van der Waals surface area contributed by atoms with Crippen LogP contribution in [0.15, 0.2) is 53.5 Å². The molecular weight excluding hydrogens is 300 g/mol. The van der Waals surface area contributed by atoms with Gasteiger partial charge in [-0.25, -0.2) is 9.48 Å². The van der Waals surface area contributed by atoms with Crippen molar-refractivity contribution in [1.82, 2.24) is 19.5 Å². The fourth-order valence-corrected chi connectivity index (χ4v) is 2.50. The highest BCUT2D eigenvalue weighted by atomic mass is 35.5. The van der Waals surface area contributed by atoms with E-state index in [1.54, 1.807) is 10.6 Å². The molecule has 22 heavy (non-hydrogen) atoms. The number of halogens is 1. The normalized spacial score (nSPS) is 12.6. The quantitative estimate of drug-likeness (QED) is 0.787. The Hall–Kier alpha value is -2.11. The van der Waals surface area contributed by atoms with Gasteiger partial charge in [-0.15, -0.1) is 5.10 Å². The molecule has 0 amide bonds. The van der Waals surface area contributed by atoms with E-state index in [1.807, 2.05) is 42.5 Å². The van der Waals surface area contributed by atoms with Crippen LogP contribution in [0.25, 0.3) is 5.65 Å². The third-order valence-electron chi connectivity index (χ3n) is 3.63. The molecule has 0 fully saturated rings. The van der Waals surface area contributed by atoms with Gasteiger partial charge in [0.05, 0.1) is 6.54 Å². The first-order valence-electron chi connectivity index (χ1n) is 7.18. The predicted octanol–water partition coefficient (Wildman–Crippen LogP) is 2.50. The summed E-state index contributed by atoms with van der Waals surface area (Å²) in [5.41, 5.74) is 1.71. The molecule has 0 bridgehead atoms. The summed E-state index contributed by atoms with van der Waals surface area (Å²) in [5, 5.41) is 8.42. The van der Waals surface area contributed by atoms with E-state index < -0.39 is 0 Å². The maximum Gasteiger partial charge on any atom is 0.350 e. The SMILES string of the molecule is CC(NCCn1nc2ccccn2c1=O)c1ccc(Cl)cc1. The van der Waals surface area contributed by atoms with Crippen molar-refractivity contribution in [2.75, 3.05) is 6.54 Å². The van der Waals surface area contributed by atoms with E-state index >= 15 is 0 Å². The molecule has 0 aliphatic carbocycles. The van der Waals surface area contributed by atoms with E-state index in [0.29, 0.717) is 18.7 Å². The lowest BCUT2D eigenvalue weighted by atomic mass is 10.1. The second-order valence-corrected chi connectivity index (χ2v) is 5.60. The first-order valence-corrected chi connectivity index (χ1v) is 7.56. The zero-order chi connectivity index (χ0) is 15.5. The Morgan fingerprint density at radius 1 is 1.23 bits per heavy atom. The molecule has 1 atom stereocenters. The van der Waals surface area contributed by atoms with Crippen LogP contribution in [0, 0.1) is 0 Å². The summed E-state index contributed by atoms with van der Waals surface area (Å²) in [6.45, 7) is 3.27. The lowest BCUT2D eigenvalue weighted by Gasteiger charge is -2.14. The van der Waals surface area contributed by atoms with Crippen LogP contribution in [0.2, 0.25) is 5.02 Å². The van der Waals surface area contributed by atoms with Crippen molar-refractivity contribution >= 4 is 17.2 Å². The van der Waals surface area contributed by atoms with Gasteiger partial charge in [-0.1, -0.05) is 29.8 Å². The van der Waals surface area contributed by atoms with Crippen molar-refractivity contribution in [2.24, 2.45) is 0 Å². The summed E-state index contributed by atoms with van der Waals surface area (Å²) in [5.74, 6) is 0. The van der Waals surface area contributed by atoms with Crippen LogP contribution < -0.4 is 11.0 Å². The number of rotatable bonds is 5. The van der Waals surface area contributed by atoms with E-state index in [2.05, 4.69) is 17.3 Å². The van der Waals surface area contributed by atoms with Crippen LogP contribution in [-0.4, -0.2) is 20.7 Å². The van der Waals surface area contributed by atoms with Gasteiger partial charge in [0, 0.05) is 23.8 Å². The van der Waals surface area contributed by atoms with Crippen molar-refractivity contribution in [1.29, 1.82) is 0 Å². The number of fused-ring (bicyclic) bond motifs is 1. The molecule has 0 aliphatic heterocycles. The molecule has 3 rings (SSSR count). The fraction of sp³-hybridized carbons (Fsp3) is 0.250. The summed E-state index contributed by atoms with van der Waals surface area (Å²) >= 11 is 5.89. The lowest BCUT2D eigenvalue weighted by molar-refractivity contribution is 0.499. The standard InChI is InChI=1S/C16H17ClN4O/c1-12(13-5-7-14(17)8-6-13)18-9-11-21-16(22)20-10-3-2-4-15(20)19-21/h2-8,10,12,18H,9,11H2,1H3. The molecule has 5 nitrogen and oxygen atoms in total. The monoisotopic (exact) mass is 316 g/mol. The van der Waals surface area contributed by atoms with E-state index in [9.17, 15) is 4.79 Å². The molecule has 0 saturated heterocycles. The van der Waals surface area contributed by atoms with Gasteiger partial charge < -0.3 is 5.32 Å².